The first-order chi connectivity index (χ1) is 14.7. The number of aliphatic imine (C=N–C) groups is 1. The topological polar surface area (TPSA) is 69.7 Å². The summed E-state index contributed by atoms with van der Waals surface area (Å²) in [5, 5.41) is 12.6. The van der Waals surface area contributed by atoms with E-state index in [-0.39, 0.29) is 11.4 Å². The molecule has 1 saturated carbocycles. The van der Waals surface area contributed by atoms with E-state index >= 15 is 0 Å². The summed E-state index contributed by atoms with van der Waals surface area (Å²) in [6, 6.07) is 13.7. The zero-order valence-corrected chi connectivity index (χ0v) is 18.0. The first-order valence-corrected chi connectivity index (χ1v) is 11.9. The lowest BCUT2D eigenvalue weighted by molar-refractivity contribution is -0.114. The van der Waals surface area contributed by atoms with Crippen LogP contribution in [0.4, 0.5) is 0 Å². The number of carbonyl (C=O) groups excluding carboxylic acids is 1. The fourth-order valence-corrected chi connectivity index (χ4v) is 5.96. The van der Waals surface area contributed by atoms with Gasteiger partial charge in [0.05, 0.1) is 11.3 Å². The Bertz CT molecular complexity index is 1080. The minimum atomic E-state index is -0.403. The van der Waals surface area contributed by atoms with Crippen LogP contribution in [-0.4, -0.2) is 27.1 Å². The van der Waals surface area contributed by atoms with E-state index in [0.29, 0.717) is 16.2 Å². The van der Waals surface area contributed by atoms with E-state index < -0.39 is 5.91 Å². The lowest BCUT2D eigenvalue weighted by Gasteiger charge is -2.26. The van der Waals surface area contributed by atoms with Crippen molar-refractivity contribution in [1.82, 2.24) is 4.90 Å². The Hall–Kier alpha value is -2.51. The molecule has 1 aromatic carbocycles. The molecule has 7 heteroatoms. The standard InChI is InChI=1S/C23H21N3O2S2/c24-21-18(13-16-11-12-20(28-16)30-17-9-5-2-6-10-17)22(27)25-23-26(21)19(14-29-23)15-7-3-1-4-8-15/h1,3-4,7-8,11-14,17,24H,2,5-6,9-10H2/b18-13-,24-21?. The van der Waals surface area contributed by atoms with Crippen LogP contribution in [-0.2, 0) is 4.79 Å². The van der Waals surface area contributed by atoms with Crippen molar-refractivity contribution in [3.63, 3.8) is 0 Å². The van der Waals surface area contributed by atoms with Crippen LogP contribution in [0.1, 0.15) is 43.4 Å². The van der Waals surface area contributed by atoms with Gasteiger partial charge in [-0.3, -0.25) is 15.1 Å². The molecule has 1 aliphatic carbocycles. The van der Waals surface area contributed by atoms with Crippen LogP contribution in [0.5, 0.6) is 0 Å². The zero-order valence-electron chi connectivity index (χ0n) is 16.3. The number of benzene rings is 1. The van der Waals surface area contributed by atoms with Gasteiger partial charge in [-0.25, -0.2) is 0 Å². The number of furan rings is 1. The van der Waals surface area contributed by atoms with E-state index in [1.165, 1.54) is 43.9 Å². The third-order valence-electron chi connectivity index (χ3n) is 5.41. The van der Waals surface area contributed by atoms with Gasteiger partial charge >= 0.3 is 0 Å². The highest BCUT2D eigenvalue weighted by Gasteiger charge is 2.36. The second-order valence-electron chi connectivity index (χ2n) is 7.46. The summed E-state index contributed by atoms with van der Waals surface area (Å²) in [5.41, 5.74) is 2.08. The quantitative estimate of drug-likeness (QED) is 0.596. The number of hydrogen-bond donors (Lipinski definition) is 1. The molecule has 0 unspecified atom stereocenters. The maximum absolute atomic E-state index is 12.6. The Kier molecular flexibility index (Phi) is 5.39. The fraction of sp³-hybridized carbons (Fsp3) is 0.261. The molecular weight excluding hydrogens is 414 g/mol. The molecular formula is C23H21N3O2S2. The third kappa shape index (κ3) is 3.79. The van der Waals surface area contributed by atoms with Crippen molar-refractivity contribution in [3.8, 4) is 0 Å². The van der Waals surface area contributed by atoms with Gasteiger partial charge in [0.15, 0.2) is 10.3 Å². The van der Waals surface area contributed by atoms with E-state index in [1.807, 2.05) is 47.9 Å². The second-order valence-corrected chi connectivity index (χ2v) is 9.60. The molecule has 0 bridgehead atoms. The lowest BCUT2D eigenvalue weighted by Crippen LogP contribution is -2.37. The van der Waals surface area contributed by atoms with Crippen molar-refractivity contribution >= 4 is 52.2 Å². The SMILES string of the molecule is N=C1/C(=C/c2ccc(SC3CCCCC3)o2)C(=O)N=C2SC=C(c3ccccc3)N12. The van der Waals surface area contributed by atoms with E-state index in [2.05, 4.69) is 4.99 Å². The van der Waals surface area contributed by atoms with Crippen LogP contribution in [0, 0.1) is 5.41 Å². The summed E-state index contributed by atoms with van der Waals surface area (Å²) < 4.78 is 5.96. The van der Waals surface area contributed by atoms with Crippen molar-refractivity contribution in [3.05, 3.63) is 64.8 Å². The van der Waals surface area contributed by atoms with Gasteiger partial charge in [-0.15, -0.1) is 0 Å². The summed E-state index contributed by atoms with van der Waals surface area (Å²) in [4.78, 5) is 18.5. The Morgan fingerprint density at radius 2 is 1.93 bits per heavy atom. The predicted octanol–water partition coefficient (Wildman–Crippen LogP) is 6.01. The fourth-order valence-electron chi connectivity index (χ4n) is 3.88. The summed E-state index contributed by atoms with van der Waals surface area (Å²) in [5.74, 6) is 0.305. The summed E-state index contributed by atoms with van der Waals surface area (Å²) in [6.45, 7) is 0. The smallest absolute Gasteiger partial charge is 0.283 e. The molecule has 30 heavy (non-hydrogen) atoms. The van der Waals surface area contributed by atoms with Crippen LogP contribution in [0.15, 0.2) is 67.9 Å². The summed E-state index contributed by atoms with van der Waals surface area (Å²) in [6.07, 6.45) is 7.99. The van der Waals surface area contributed by atoms with Gasteiger partial charge in [0.25, 0.3) is 5.91 Å². The Morgan fingerprint density at radius 3 is 2.73 bits per heavy atom. The van der Waals surface area contributed by atoms with Crippen LogP contribution in [0.3, 0.4) is 0 Å². The van der Waals surface area contributed by atoms with Crippen molar-refractivity contribution in [2.24, 2.45) is 4.99 Å². The normalized spacial score (nSPS) is 21.1. The molecule has 0 atom stereocenters. The molecule has 0 radical (unpaired) electrons. The first-order valence-electron chi connectivity index (χ1n) is 10.1. The van der Waals surface area contributed by atoms with Gasteiger partial charge in [0.2, 0.25) is 0 Å². The molecule has 3 heterocycles. The van der Waals surface area contributed by atoms with E-state index in [9.17, 15) is 4.79 Å². The number of fused-ring (bicyclic) bond motifs is 1. The minimum Gasteiger partial charge on any atom is -0.450 e. The van der Waals surface area contributed by atoms with Crippen LogP contribution in [0.2, 0.25) is 0 Å². The molecule has 1 amide bonds. The van der Waals surface area contributed by atoms with E-state index in [1.54, 1.807) is 22.7 Å². The molecule has 0 spiro atoms. The number of carbonyl (C=O) groups is 1. The number of hydrogen-bond acceptors (Lipinski definition) is 5. The molecule has 0 saturated heterocycles. The molecule has 1 aromatic heterocycles. The molecule has 152 valence electrons. The van der Waals surface area contributed by atoms with Crippen molar-refractivity contribution in [2.75, 3.05) is 0 Å². The van der Waals surface area contributed by atoms with Gasteiger partial charge in [0.1, 0.15) is 11.6 Å². The lowest BCUT2D eigenvalue weighted by atomic mass is 10.0. The highest BCUT2D eigenvalue weighted by Crippen LogP contribution is 2.38. The van der Waals surface area contributed by atoms with Crippen molar-refractivity contribution in [1.29, 1.82) is 5.41 Å². The highest BCUT2D eigenvalue weighted by molar-refractivity contribution is 8.17. The molecule has 1 fully saturated rings. The monoisotopic (exact) mass is 435 g/mol. The van der Waals surface area contributed by atoms with Gasteiger partial charge in [-0.1, -0.05) is 73.1 Å². The van der Waals surface area contributed by atoms with Crippen molar-refractivity contribution in [2.45, 2.75) is 42.4 Å². The van der Waals surface area contributed by atoms with Crippen LogP contribution >= 0.6 is 23.5 Å². The number of thioether (sulfide) groups is 2. The van der Waals surface area contributed by atoms with Crippen LogP contribution in [0.25, 0.3) is 11.8 Å². The van der Waals surface area contributed by atoms with E-state index in [0.717, 1.165) is 16.4 Å². The number of rotatable bonds is 4. The number of amidine groups is 2. The Morgan fingerprint density at radius 1 is 1.13 bits per heavy atom. The van der Waals surface area contributed by atoms with Crippen molar-refractivity contribution < 1.29 is 9.21 Å². The Balaban J connectivity index is 1.39. The average molecular weight is 436 g/mol. The summed E-state index contributed by atoms with van der Waals surface area (Å²) >= 11 is 3.14. The van der Waals surface area contributed by atoms with Crippen LogP contribution < -0.4 is 0 Å². The first kappa shape index (κ1) is 19.5. The van der Waals surface area contributed by atoms with E-state index in [4.69, 9.17) is 9.83 Å². The maximum atomic E-state index is 12.6. The number of amides is 1. The molecule has 5 rings (SSSR count). The predicted molar refractivity (Wildman–Crippen MR) is 123 cm³/mol. The third-order valence-corrected chi connectivity index (χ3v) is 7.49. The molecule has 5 nitrogen and oxygen atoms in total. The highest BCUT2D eigenvalue weighted by atomic mass is 32.2. The Labute approximate surface area is 183 Å². The molecule has 2 aromatic rings. The molecule has 1 N–H and O–H groups in total. The number of nitrogens with zero attached hydrogens (tertiary/aromatic N) is 2. The van der Waals surface area contributed by atoms with Gasteiger partial charge in [-0.2, -0.15) is 4.99 Å². The molecule has 2 aliphatic heterocycles. The number of nitrogens with one attached hydrogen (secondary N) is 1. The second kappa shape index (κ2) is 8.32. The molecule has 3 aliphatic rings. The van der Waals surface area contributed by atoms with Gasteiger partial charge in [0, 0.05) is 10.7 Å². The maximum Gasteiger partial charge on any atom is 0.283 e. The largest absolute Gasteiger partial charge is 0.450 e. The van der Waals surface area contributed by atoms with Gasteiger partial charge < -0.3 is 4.42 Å². The summed E-state index contributed by atoms with van der Waals surface area (Å²) in [7, 11) is 0. The van der Waals surface area contributed by atoms with Gasteiger partial charge in [-0.05, 0) is 36.6 Å². The minimum absolute atomic E-state index is 0.128. The zero-order chi connectivity index (χ0) is 20.5. The average Bonchev–Trinajstić information content (AvgIpc) is 3.39.